The molecule has 31 heavy (non-hydrogen) atoms. The SMILES string of the molecule is COOOSc1cc(F)c(Br)cc1F.COc1ccc([I+]c2ccc(OC)cc2)cc1. The second kappa shape index (κ2) is 13.9. The van der Waals surface area contributed by atoms with Gasteiger partial charge in [0.05, 0.1) is 42.7 Å². The Morgan fingerprint density at radius 2 is 1.29 bits per heavy atom. The van der Waals surface area contributed by atoms with Crippen molar-refractivity contribution < 1.29 is 53.7 Å². The van der Waals surface area contributed by atoms with Crippen molar-refractivity contribution in [1.82, 2.24) is 0 Å². The molecular formula is C21H19BrF2IO5S+. The maximum atomic E-state index is 13.1. The number of hydrogen-bond donors (Lipinski definition) is 0. The van der Waals surface area contributed by atoms with E-state index in [1.54, 1.807) is 14.2 Å². The van der Waals surface area contributed by atoms with Crippen molar-refractivity contribution in [3.63, 3.8) is 0 Å². The van der Waals surface area contributed by atoms with Gasteiger partial charge in [0.25, 0.3) is 0 Å². The van der Waals surface area contributed by atoms with Gasteiger partial charge in [-0.05, 0) is 76.6 Å². The van der Waals surface area contributed by atoms with E-state index in [1.165, 1.54) is 14.3 Å². The third-order valence-corrected chi connectivity index (χ3v) is 7.42. The zero-order valence-corrected chi connectivity index (χ0v) is 21.3. The van der Waals surface area contributed by atoms with Gasteiger partial charge in [0.1, 0.15) is 23.1 Å². The Bertz CT molecular complexity index is 900. The molecule has 0 aliphatic heterocycles. The highest BCUT2D eigenvalue weighted by atomic mass is 127. The number of hydrogen-bond acceptors (Lipinski definition) is 6. The van der Waals surface area contributed by atoms with Crippen LogP contribution in [-0.4, -0.2) is 21.3 Å². The summed E-state index contributed by atoms with van der Waals surface area (Å²) in [6.45, 7) is 0. The van der Waals surface area contributed by atoms with Crippen molar-refractivity contribution >= 4 is 28.0 Å². The van der Waals surface area contributed by atoms with Crippen LogP contribution < -0.4 is 30.7 Å². The molecule has 3 aromatic carbocycles. The summed E-state index contributed by atoms with van der Waals surface area (Å²) in [7, 11) is 4.60. The van der Waals surface area contributed by atoms with Crippen LogP contribution in [0.1, 0.15) is 0 Å². The topological polar surface area (TPSA) is 46.2 Å². The molecule has 0 aliphatic carbocycles. The van der Waals surface area contributed by atoms with E-state index < -0.39 is 11.6 Å². The zero-order valence-electron chi connectivity index (χ0n) is 16.7. The molecule has 0 radical (unpaired) electrons. The summed E-state index contributed by atoms with van der Waals surface area (Å²) in [6, 6.07) is 18.6. The number of halogens is 4. The van der Waals surface area contributed by atoms with Crippen LogP contribution >= 0.6 is 28.0 Å². The minimum atomic E-state index is -0.622. The Kier molecular flexibility index (Phi) is 11.5. The molecule has 0 aliphatic rings. The van der Waals surface area contributed by atoms with Crippen molar-refractivity contribution in [3.05, 3.63) is 83.9 Å². The highest BCUT2D eigenvalue weighted by molar-refractivity contribution is 9.10. The van der Waals surface area contributed by atoms with Gasteiger partial charge >= 0.3 is 21.2 Å². The number of rotatable bonds is 8. The smallest absolute Gasteiger partial charge is 0.357 e. The fraction of sp³-hybridized carbons (Fsp3) is 0.143. The summed E-state index contributed by atoms with van der Waals surface area (Å²) in [5, 5.41) is 4.02. The van der Waals surface area contributed by atoms with Crippen LogP contribution in [0.5, 0.6) is 11.5 Å². The Morgan fingerprint density at radius 1 is 0.774 bits per heavy atom. The second-order valence-corrected chi connectivity index (χ2v) is 10.1. The van der Waals surface area contributed by atoms with E-state index in [9.17, 15) is 8.78 Å². The van der Waals surface area contributed by atoms with Gasteiger partial charge in [0.15, 0.2) is 7.14 Å². The lowest BCUT2D eigenvalue weighted by Crippen LogP contribution is -3.61. The maximum Gasteiger partial charge on any atom is 0.357 e. The Labute approximate surface area is 202 Å². The van der Waals surface area contributed by atoms with Gasteiger partial charge in [0.2, 0.25) is 0 Å². The predicted molar refractivity (Wildman–Crippen MR) is 112 cm³/mol. The molecule has 0 saturated heterocycles. The molecule has 0 unspecified atom stereocenters. The lowest BCUT2D eigenvalue weighted by Gasteiger charge is -2.02. The molecule has 0 saturated carbocycles. The normalized spacial score (nSPS) is 10.3. The van der Waals surface area contributed by atoms with Crippen molar-refractivity contribution in [2.45, 2.75) is 4.90 Å². The molecule has 5 nitrogen and oxygen atoms in total. The Hall–Kier alpha value is -1.44. The highest BCUT2D eigenvalue weighted by Gasteiger charge is 2.15. The van der Waals surface area contributed by atoms with Crippen molar-refractivity contribution in [2.24, 2.45) is 0 Å². The fourth-order valence-corrected chi connectivity index (χ4v) is 4.96. The summed E-state index contributed by atoms with van der Waals surface area (Å²) in [6.07, 6.45) is 0. The van der Waals surface area contributed by atoms with Crippen LogP contribution in [0.3, 0.4) is 0 Å². The van der Waals surface area contributed by atoms with Gasteiger partial charge in [-0.25, -0.2) is 13.7 Å². The molecule has 166 valence electrons. The van der Waals surface area contributed by atoms with Crippen LogP contribution in [-0.2, 0) is 14.3 Å². The summed E-state index contributed by atoms with van der Waals surface area (Å²) in [5.74, 6) is 0.609. The second-order valence-electron chi connectivity index (χ2n) is 5.49. The van der Waals surface area contributed by atoms with E-state index in [-0.39, 0.29) is 30.6 Å². The molecule has 3 rings (SSSR count). The quantitative estimate of drug-likeness (QED) is 0.0956. The predicted octanol–water partition coefficient (Wildman–Crippen LogP) is 3.08. The van der Waals surface area contributed by atoms with Gasteiger partial charge in [0, 0.05) is 0 Å². The Morgan fingerprint density at radius 3 is 1.74 bits per heavy atom. The largest absolute Gasteiger partial charge is 0.497 e. The van der Waals surface area contributed by atoms with Gasteiger partial charge < -0.3 is 9.47 Å². The van der Waals surface area contributed by atoms with Crippen LogP contribution in [0.2, 0.25) is 0 Å². The van der Waals surface area contributed by atoms with E-state index >= 15 is 0 Å². The fourth-order valence-electron chi connectivity index (χ4n) is 2.04. The van der Waals surface area contributed by atoms with E-state index in [1.807, 2.05) is 24.3 Å². The minimum absolute atomic E-state index is 0.0391. The first-order chi connectivity index (χ1) is 15.0. The van der Waals surface area contributed by atoms with Crippen LogP contribution in [0.25, 0.3) is 0 Å². The van der Waals surface area contributed by atoms with Crippen molar-refractivity contribution in [3.8, 4) is 11.5 Å². The first kappa shape index (κ1) is 25.8. The molecule has 0 heterocycles. The monoisotopic (exact) mass is 627 g/mol. The molecule has 3 aromatic rings. The molecule has 0 aromatic heterocycles. The van der Waals surface area contributed by atoms with Crippen molar-refractivity contribution in [1.29, 1.82) is 0 Å². The first-order valence-corrected chi connectivity index (χ1v) is 12.3. The third-order valence-electron chi connectivity index (χ3n) is 3.51. The lowest BCUT2D eigenvalue weighted by molar-refractivity contribution is -0.597. The average Bonchev–Trinajstić information content (AvgIpc) is 2.79. The third kappa shape index (κ3) is 8.91. The minimum Gasteiger partial charge on any atom is -0.497 e. The van der Waals surface area contributed by atoms with Gasteiger partial charge in [-0.15, -0.1) is 4.33 Å². The van der Waals surface area contributed by atoms with E-state index in [0.29, 0.717) is 12.0 Å². The number of ether oxygens (including phenoxy) is 2. The zero-order chi connectivity index (χ0) is 22.6. The first-order valence-electron chi connectivity index (χ1n) is 8.58. The molecular weight excluding hydrogens is 609 g/mol. The van der Waals surface area contributed by atoms with Gasteiger partial charge in [-0.3, -0.25) is 0 Å². The molecule has 0 spiro atoms. The van der Waals surface area contributed by atoms with Crippen LogP contribution in [0.4, 0.5) is 8.78 Å². The van der Waals surface area contributed by atoms with Gasteiger partial charge in [-0.1, -0.05) is 5.04 Å². The number of benzene rings is 3. The summed E-state index contributed by atoms with van der Waals surface area (Å²) in [5.41, 5.74) is 0. The molecule has 0 N–H and O–H groups in total. The van der Waals surface area contributed by atoms with Gasteiger partial charge in [-0.2, -0.15) is 0 Å². The molecule has 0 fully saturated rings. The van der Waals surface area contributed by atoms with E-state index in [4.69, 9.17) is 9.47 Å². The molecule has 0 amide bonds. The highest BCUT2D eigenvalue weighted by Crippen LogP contribution is 2.27. The summed E-state index contributed by atoms with van der Waals surface area (Å²) >= 11 is 3.23. The summed E-state index contributed by atoms with van der Waals surface area (Å²) in [4.78, 5) is 4.05. The van der Waals surface area contributed by atoms with Crippen LogP contribution in [0.15, 0.2) is 70.0 Å². The molecule has 10 heteroatoms. The summed E-state index contributed by atoms with van der Waals surface area (Å²) < 4.78 is 43.4. The van der Waals surface area contributed by atoms with Crippen molar-refractivity contribution in [2.75, 3.05) is 21.3 Å². The number of methoxy groups -OCH3 is 2. The standard InChI is InChI=1S/C14H14IO2.C7H5BrF2O3S/c1-16-13-7-3-11(4-8-13)15-12-5-9-14(17-2)10-6-12;1-11-12-13-14-7-3-5(9)4(8)2-6(7)10/h3-10H,1-2H3;2-3H,1H3/q+1;. The van der Waals surface area contributed by atoms with Crippen LogP contribution in [0, 0.1) is 18.8 Å². The molecule has 0 atom stereocenters. The van der Waals surface area contributed by atoms with E-state index in [2.05, 4.69) is 54.5 Å². The molecule has 0 bridgehead atoms. The van der Waals surface area contributed by atoms with E-state index in [0.717, 1.165) is 23.6 Å². The maximum absolute atomic E-state index is 13.1. The Balaban J connectivity index is 0.000000225. The average molecular weight is 628 g/mol. The lowest BCUT2D eigenvalue weighted by atomic mass is 10.3.